The van der Waals surface area contributed by atoms with Crippen LogP contribution < -0.4 is 0 Å². The van der Waals surface area contributed by atoms with Crippen LogP contribution in [0, 0.1) is 0 Å². The van der Waals surface area contributed by atoms with Gasteiger partial charge in [0.1, 0.15) is 0 Å². The second-order valence-electron chi connectivity index (χ2n) is 11.3. The molecule has 6 rings (SSSR count). The monoisotopic (exact) mass is 649 g/mol. The molecular weight excluding hydrogens is 617 g/mol. The van der Waals surface area contributed by atoms with Gasteiger partial charge in [0.25, 0.3) is 0 Å². The lowest BCUT2D eigenvalue weighted by Crippen LogP contribution is -2.05. The number of hydrogen-bond acceptors (Lipinski definition) is 4. The Hall–Kier alpha value is -4.97. The normalized spacial score (nSPS) is 11.6. The first-order chi connectivity index (χ1) is 22.7. The van der Waals surface area contributed by atoms with Crippen molar-refractivity contribution in [1.29, 1.82) is 0 Å². The summed E-state index contributed by atoms with van der Waals surface area (Å²) in [6.07, 6.45) is 0. The third-order valence-corrected chi connectivity index (χ3v) is 11.2. The summed E-state index contributed by atoms with van der Waals surface area (Å²) in [4.78, 5) is 41.1. The van der Waals surface area contributed by atoms with Crippen molar-refractivity contribution < 1.29 is 14.4 Å². The van der Waals surface area contributed by atoms with Gasteiger partial charge in [0.05, 0.1) is 10.9 Å². The second-order valence-corrected chi connectivity index (χ2v) is 14.4. The molecule has 47 heavy (non-hydrogen) atoms. The highest BCUT2D eigenvalue weighted by molar-refractivity contribution is 7.99. The molecule has 0 spiro atoms. The zero-order valence-corrected chi connectivity index (χ0v) is 28.0. The van der Waals surface area contributed by atoms with Crippen molar-refractivity contribution in [2.75, 3.05) is 0 Å². The number of carbonyl (C=O) groups is 3. The van der Waals surface area contributed by atoms with E-state index in [4.69, 9.17) is 0 Å². The molecule has 0 aliphatic rings. The van der Waals surface area contributed by atoms with Crippen molar-refractivity contribution in [3.8, 4) is 22.3 Å². The van der Waals surface area contributed by atoms with E-state index in [9.17, 15) is 14.4 Å². The van der Waals surface area contributed by atoms with E-state index in [-0.39, 0.29) is 28.2 Å². The molecule has 0 amide bonds. The molecule has 0 radical (unpaired) electrons. The Labute approximate surface area is 283 Å². The molecule has 0 bridgehead atoms. The Morgan fingerprint density at radius 2 is 0.596 bits per heavy atom. The van der Waals surface area contributed by atoms with Crippen molar-refractivity contribution in [2.24, 2.45) is 0 Å². The van der Waals surface area contributed by atoms with Crippen molar-refractivity contribution >= 4 is 40.0 Å². The van der Waals surface area contributed by atoms with Gasteiger partial charge in [-0.25, -0.2) is 0 Å². The molecular formula is C42H33O3S2+. The molecule has 0 N–H and O–H groups in total. The summed E-state index contributed by atoms with van der Waals surface area (Å²) >= 11 is 1.72. The van der Waals surface area contributed by atoms with Crippen LogP contribution in [0.1, 0.15) is 51.8 Å². The maximum Gasteiger partial charge on any atom is 0.166 e. The van der Waals surface area contributed by atoms with E-state index in [1.165, 1.54) is 9.79 Å². The molecule has 0 saturated heterocycles. The fourth-order valence-corrected chi connectivity index (χ4v) is 8.17. The van der Waals surface area contributed by atoms with Crippen LogP contribution in [0.25, 0.3) is 22.3 Å². The van der Waals surface area contributed by atoms with E-state index in [1.54, 1.807) is 32.5 Å². The minimum Gasteiger partial charge on any atom is -0.295 e. The fourth-order valence-electron chi connectivity index (χ4n) is 5.31. The predicted octanol–water partition coefficient (Wildman–Crippen LogP) is 10.9. The van der Waals surface area contributed by atoms with Crippen LogP contribution in [0.5, 0.6) is 0 Å². The first-order valence-corrected chi connectivity index (χ1v) is 17.4. The third-order valence-electron chi connectivity index (χ3n) is 7.99. The van der Waals surface area contributed by atoms with E-state index < -0.39 is 0 Å². The van der Waals surface area contributed by atoms with Gasteiger partial charge in [-0.15, -0.1) is 0 Å². The van der Waals surface area contributed by atoms with Crippen molar-refractivity contribution in [2.45, 2.75) is 45.2 Å². The Kier molecular flexibility index (Phi) is 9.67. The summed E-state index contributed by atoms with van der Waals surface area (Å²) in [5, 5.41) is 0. The number of carbonyl (C=O) groups excluding carboxylic acids is 3. The summed E-state index contributed by atoms with van der Waals surface area (Å²) in [5.74, 6) is 0.179. The highest BCUT2D eigenvalue weighted by atomic mass is 32.2. The molecule has 0 fully saturated rings. The Morgan fingerprint density at radius 3 is 0.936 bits per heavy atom. The van der Waals surface area contributed by atoms with Gasteiger partial charge in [-0.1, -0.05) is 72.4 Å². The average Bonchev–Trinajstić information content (AvgIpc) is 3.10. The van der Waals surface area contributed by atoms with Crippen LogP contribution in [0.3, 0.4) is 0 Å². The first-order valence-electron chi connectivity index (χ1n) is 15.3. The summed E-state index contributed by atoms with van der Waals surface area (Å²) < 4.78 is 0. The molecule has 0 saturated carbocycles. The van der Waals surface area contributed by atoms with E-state index in [0.29, 0.717) is 11.1 Å². The topological polar surface area (TPSA) is 51.2 Å². The van der Waals surface area contributed by atoms with E-state index in [1.807, 2.05) is 60.7 Å². The second kappa shape index (κ2) is 14.2. The molecule has 1 atom stereocenters. The van der Waals surface area contributed by atoms with Crippen LogP contribution in [0.4, 0.5) is 0 Å². The molecule has 0 aliphatic carbocycles. The third kappa shape index (κ3) is 7.54. The lowest BCUT2D eigenvalue weighted by atomic mass is 10.0. The quantitative estimate of drug-likeness (QED) is 0.109. The van der Waals surface area contributed by atoms with Gasteiger partial charge < -0.3 is 0 Å². The Balaban J connectivity index is 1.24. The van der Waals surface area contributed by atoms with Gasteiger partial charge in [0.15, 0.2) is 32.0 Å². The van der Waals surface area contributed by atoms with Gasteiger partial charge in [-0.3, -0.25) is 14.4 Å². The molecule has 0 heterocycles. The number of ketones is 3. The Bertz CT molecular complexity index is 2030. The number of hydrogen-bond donors (Lipinski definition) is 0. The van der Waals surface area contributed by atoms with Crippen LogP contribution >= 0.6 is 11.8 Å². The lowest BCUT2D eigenvalue weighted by Gasteiger charge is -2.11. The standard InChI is InChI=1S/C42H33O3S2/c1-28(43)31-4-8-34(9-5-31)36-12-18-38(19-13-36)46-39-20-26-42(27-21-39)47(40-22-14-33(15-23-40)30(3)45)41-24-16-37(17-25-41)35-10-6-32(7-11-35)29(2)44/h4-27H,1-3H3/q+1. The van der Waals surface area contributed by atoms with Gasteiger partial charge in [-0.05, 0) is 128 Å². The molecule has 230 valence electrons. The number of Topliss-reactive ketones (excluding diaryl/α,β-unsaturated/α-hetero) is 3. The molecule has 6 aromatic carbocycles. The van der Waals surface area contributed by atoms with Crippen LogP contribution in [-0.4, -0.2) is 17.3 Å². The zero-order valence-electron chi connectivity index (χ0n) is 26.4. The molecule has 6 aromatic rings. The van der Waals surface area contributed by atoms with Crippen molar-refractivity contribution in [3.05, 3.63) is 162 Å². The molecule has 0 aromatic heterocycles. The SMILES string of the molecule is CC(=O)c1ccc(-c2ccc(Sc3ccc([S+](c4ccc(C(C)=O)cc4)c4ccc(-c5ccc(C(C)=O)cc5)cc4)cc3)cc2)cc1. The smallest absolute Gasteiger partial charge is 0.166 e. The zero-order chi connectivity index (χ0) is 32.9. The van der Waals surface area contributed by atoms with E-state index >= 15 is 0 Å². The first kappa shape index (κ1) is 32.0. The summed E-state index contributed by atoms with van der Waals surface area (Å²) in [5.41, 5.74) is 6.47. The molecule has 0 aliphatic heterocycles. The van der Waals surface area contributed by atoms with Gasteiger partial charge >= 0.3 is 0 Å². The van der Waals surface area contributed by atoms with Gasteiger partial charge in [-0.2, -0.15) is 0 Å². The van der Waals surface area contributed by atoms with Crippen molar-refractivity contribution in [3.63, 3.8) is 0 Å². The highest BCUT2D eigenvalue weighted by Crippen LogP contribution is 2.36. The number of benzene rings is 6. The fraction of sp³-hybridized carbons (Fsp3) is 0.0714. The van der Waals surface area contributed by atoms with E-state index in [2.05, 4.69) is 84.9 Å². The maximum atomic E-state index is 12.0. The lowest BCUT2D eigenvalue weighted by molar-refractivity contribution is 0.100. The van der Waals surface area contributed by atoms with Crippen molar-refractivity contribution in [1.82, 2.24) is 0 Å². The van der Waals surface area contributed by atoms with Gasteiger partial charge in [0.2, 0.25) is 0 Å². The highest BCUT2D eigenvalue weighted by Gasteiger charge is 2.29. The van der Waals surface area contributed by atoms with Crippen LogP contribution in [0.15, 0.2) is 170 Å². The largest absolute Gasteiger partial charge is 0.295 e. The molecule has 5 heteroatoms. The van der Waals surface area contributed by atoms with E-state index in [0.717, 1.165) is 42.5 Å². The summed E-state index contributed by atoms with van der Waals surface area (Å²) in [7, 11) is -0.381. The van der Waals surface area contributed by atoms with Crippen LogP contribution in [-0.2, 0) is 10.9 Å². The Morgan fingerprint density at radius 1 is 0.362 bits per heavy atom. The summed E-state index contributed by atoms with van der Waals surface area (Å²) in [6, 6.07) is 49.2. The number of rotatable bonds is 10. The molecule has 1 unspecified atom stereocenters. The summed E-state index contributed by atoms with van der Waals surface area (Å²) in [6.45, 7) is 4.75. The average molecular weight is 650 g/mol. The predicted molar refractivity (Wildman–Crippen MR) is 193 cm³/mol. The maximum absolute atomic E-state index is 12.0. The van der Waals surface area contributed by atoms with Gasteiger partial charge in [0, 0.05) is 26.5 Å². The minimum absolute atomic E-state index is 0.0527. The molecule has 3 nitrogen and oxygen atoms in total. The minimum atomic E-state index is -0.381. The van der Waals surface area contributed by atoms with Crippen LogP contribution in [0.2, 0.25) is 0 Å².